The molecule has 0 aliphatic carbocycles. The lowest BCUT2D eigenvalue weighted by Crippen LogP contribution is -2.29. The van der Waals surface area contributed by atoms with Crippen molar-refractivity contribution in [2.24, 2.45) is 0 Å². The van der Waals surface area contributed by atoms with Crippen molar-refractivity contribution in [2.75, 3.05) is 4.90 Å². The second-order valence-corrected chi connectivity index (χ2v) is 5.77. The van der Waals surface area contributed by atoms with Crippen LogP contribution in [0.1, 0.15) is 15.9 Å². The molecule has 0 saturated heterocycles. The molecule has 0 unspecified atom stereocenters. The van der Waals surface area contributed by atoms with Crippen LogP contribution in [0.5, 0.6) is 0 Å². The number of ketones is 1. The molecular weight excluding hydrogens is 342 g/mol. The summed E-state index contributed by atoms with van der Waals surface area (Å²) in [6, 6.07) is 12.6. The minimum Gasteiger partial charge on any atom is -0.300 e. The Balaban J connectivity index is 1.99. The van der Waals surface area contributed by atoms with E-state index >= 15 is 0 Å². The Hall–Kier alpha value is -1.65. The summed E-state index contributed by atoms with van der Waals surface area (Å²) in [6.45, 7) is 0.352. The topological polar surface area (TPSA) is 37.4 Å². The van der Waals surface area contributed by atoms with Crippen LogP contribution in [0.15, 0.2) is 46.9 Å². The van der Waals surface area contributed by atoms with Crippen LogP contribution in [-0.4, -0.2) is 11.7 Å². The first-order valence-corrected chi connectivity index (χ1v) is 7.14. The Kier molecular flexibility index (Phi) is 3.36. The molecule has 100 valence electrons. The summed E-state index contributed by atoms with van der Waals surface area (Å²) in [5, 5.41) is 0.640. The molecule has 0 N–H and O–H groups in total. The highest BCUT2D eigenvalue weighted by molar-refractivity contribution is 9.10. The molecule has 0 saturated carbocycles. The number of hydrogen-bond donors (Lipinski definition) is 0. The van der Waals surface area contributed by atoms with E-state index in [1.165, 1.54) is 4.90 Å². The van der Waals surface area contributed by atoms with Crippen molar-refractivity contribution >= 4 is 44.9 Å². The number of Topliss-reactive ketones (excluding diaryl/α,β-unsaturated/α-hetero) is 1. The predicted molar refractivity (Wildman–Crippen MR) is 81.1 cm³/mol. The number of fused-ring (bicyclic) bond motifs is 1. The number of amides is 1. The highest BCUT2D eigenvalue weighted by atomic mass is 79.9. The molecule has 3 rings (SSSR count). The molecule has 2 aromatic carbocycles. The monoisotopic (exact) mass is 349 g/mol. The molecule has 1 aliphatic heterocycles. The molecule has 20 heavy (non-hydrogen) atoms. The summed E-state index contributed by atoms with van der Waals surface area (Å²) in [7, 11) is 0. The van der Waals surface area contributed by atoms with Crippen LogP contribution in [0, 0.1) is 0 Å². The third-order valence-electron chi connectivity index (χ3n) is 3.20. The van der Waals surface area contributed by atoms with Gasteiger partial charge in [0.2, 0.25) is 0 Å². The zero-order valence-corrected chi connectivity index (χ0v) is 12.6. The number of anilines is 1. The third kappa shape index (κ3) is 2.15. The van der Waals surface area contributed by atoms with Gasteiger partial charge in [0.1, 0.15) is 0 Å². The van der Waals surface area contributed by atoms with E-state index in [4.69, 9.17) is 11.6 Å². The van der Waals surface area contributed by atoms with Crippen molar-refractivity contribution < 1.29 is 9.59 Å². The van der Waals surface area contributed by atoms with Crippen molar-refractivity contribution in [3.05, 3.63) is 63.1 Å². The Morgan fingerprint density at radius 3 is 2.45 bits per heavy atom. The van der Waals surface area contributed by atoms with Gasteiger partial charge in [-0.25, -0.2) is 0 Å². The number of hydrogen-bond acceptors (Lipinski definition) is 2. The van der Waals surface area contributed by atoms with Gasteiger partial charge in [0, 0.05) is 9.50 Å². The molecule has 0 aromatic heterocycles. The Morgan fingerprint density at radius 2 is 1.75 bits per heavy atom. The van der Waals surface area contributed by atoms with Gasteiger partial charge in [0.15, 0.2) is 0 Å². The number of carbonyl (C=O) groups excluding carboxylic acids is 2. The number of nitrogens with zero attached hydrogens (tertiary/aromatic N) is 1. The maximum Gasteiger partial charge on any atom is 0.299 e. The first-order valence-electron chi connectivity index (χ1n) is 5.97. The zero-order chi connectivity index (χ0) is 14.3. The van der Waals surface area contributed by atoms with Gasteiger partial charge in [-0.15, -0.1) is 0 Å². The molecular formula is C15H9BrClNO2. The lowest BCUT2D eigenvalue weighted by atomic mass is 10.1. The summed E-state index contributed by atoms with van der Waals surface area (Å²) in [4.78, 5) is 25.6. The highest BCUT2D eigenvalue weighted by Crippen LogP contribution is 2.35. The largest absolute Gasteiger partial charge is 0.300 e. The van der Waals surface area contributed by atoms with Crippen LogP contribution >= 0.6 is 27.5 Å². The standard InChI is InChI=1S/C15H9BrClNO2/c16-11-2-1-3-12-13(11)14(19)15(20)18(12)8-9-4-6-10(17)7-5-9/h1-7H,8H2. The Bertz CT molecular complexity index is 712. The summed E-state index contributed by atoms with van der Waals surface area (Å²) in [5.41, 5.74) is 2.00. The SMILES string of the molecule is O=C1C(=O)N(Cc2ccc(Cl)cc2)c2cccc(Br)c21. The summed E-state index contributed by atoms with van der Waals surface area (Å²) in [6.07, 6.45) is 0. The smallest absolute Gasteiger partial charge is 0.299 e. The first kappa shape index (κ1) is 13.3. The van der Waals surface area contributed by atoms with Crippen molar-refractivity contribution in [3.63, 3.8) is 0 Å². The minimum absolute atomic E-state index is 0.352. The molecule has 2 aromatic rings. The predicted octanol–water partition coefficient (Wildman–Crippen LogP) is 3.83. The summed E-state index contributed by atoms with van der Waals surface area (Å²) in [5.74, 6) is -0.969. The molecule has 0 radical (unpaired) electrons. The van der Waals surface area contributed by atoms with Crippen LogP contribution in [0.4, 0.5) is 5.69 Å². The van der Waals surface area contributed by atoms with Crippen molar-refractivity contribution in [2.45, 2.75) is 6.54 Å². The zero-order valence-electron chi connectivity index (χ0n) is 10.3. The van der Waals surface area contributed by atoms with Crippen LogP contribution in [-0.2, 0) is 11.3 Å². The average Bonchev–Trinajstić information content (AvgIpc) is 2.67. The van der Waals surface area contributed by atoms with Crippen LogP contribution < -0.4 is 4.90 Å². The maximum absolute atomic E-state index is 12.1. The van der Waals surface area contributed by atoms with Crippen LogP contribution in [0.25, 0.3) is 0 Å². The van der Waals surface area contributed by atoms with Gasteiger partial charge >= 0.3 is 0 Å². The average molecular weight is 351 g/mol. The van der Waals surface area contributed by atoms with Crippen LogP contribution in [0.2, 0.25) is 5.02 Å². The van der Waals surface area contributed by atoms with Gasteiger partial charge in [-0.3, -0.25) is 9.59 Å². The molecule has 0 atom stereocenters. The van der Waals surface area contributed by atoms with Crippen LogP contribution in [0.3, 0.4) is 0 Å². The normalized spacial score (nSPS) is 13.8. The van der Waals surface area contributed by atoms with E-state index in [0.29, 0.717) is 27.3 Å². The molecule has 0 fully saturated rings. The van der Waals surface area contributed by atoms with E-state index in [2.05, 4.69) is 15.9 Å². The minimum atomic E-state index is -0.498. The quantitative estimate of drug-likeness (QED) is 0.772. The number of benzene rings is 2. The first-order chi connectivity index (χ1) is 9.58. The van der Waals surface area contributed by atoms with Crippen molar-refractivity contribution in [1.29, 1.82) is 0 Å². The second kappa shape index (κ2) is 5.04. The lowest BCUT2D eigenvalue weighted by Gasteiger charge is -2.16. The van der Waals surface area contributed by atoms with E-state index in [9.17, 15) is 9.59 Å². The van der Waals surface area contributed by atoms with E-state index in [1.807, 2.05) is 18.2 Å². The van der Waals surface area contributed by atoms with Gasteiger partial charge in [0.25, 0.3) is 11.7 Å². The Morgan fingerprint density at radius 1 is 1.05 bits per heavy atom. The molecule has 1 amide bonds. The fourth-order valence-electron chi connectivity index (χ4n) is 2.23. The fraction of sp³-hybridized carbons (Fsp3) is 0.0667. The maximum atomic E-state index is 12.1. The van der Waals surface area contributed by atoms with E-state index in [1.54, 1.807) is 24.3 Å². The van der Waals surface area contributed by atoms with Gasteiger partial charge in [-0.05, 0) is 45.8 Å². The van der Waals surface area contributed by atoms with Crippen molar-refractivity contribution in [3.8, 4) is 0 Å². The summed E-state index contributed by atoms with van der Waals surface area (Å²) < 4.78 is 0.645. The van der Waals surface area contributed by atoms with Crippen molar-refractivity contribution in [1.82, 2.24) is 0 Å². The molecule has 3 nitrogen and oxygen atoms in total. The molecule has 5 heteroatoms. The Labute approximate surface area is 129 Å². The number of rotatable bonds is 2. The van der Waals surface area contributed by atoms with Gasteiger partial charge in [-0.1, -0.05) is 29.8 Å². The van der Waals surface area contributed by atoms with Gasteiger partial charge < -0.3 is 4.90 Å². The molecule has 0 bridgehead atoms. The lowest BCUT2D eigenvalue weighted by molar-refractivity contribution is -0.114. The third-order valence-corrected chi connectivity index (χ3v) is 4.12. The van der Waals surface area contributed by atoms with E-state index in [-0.39, 0.29) is 0 Å². The molecule has 1 aliphatic rings. The molecule has 1 heterocycles. The van der Waals surface area contributed by atoms with Gasteiger partial charge in [-0.2, -0.15) is 0 Å². The van der Waals surface area contributed by atoms with E-state index in [0.717, 1.165) is 5.56 Å². The highest BCUT2D eigenvalue weighted by Gasteiger charge is 2.37. The number of carbonyl (C=O) groups is 2. The number of halogens is 2. The summed E-state index contributed by atoms with van der Waals surface area (Å²) >= 11 is 9.16. The second-order valence-electron chi connectivity index (χ2n) is 4.48. The fourth-order valence-corrected chi connectivity index (χ4v) is 2.89. The van der Waals surface area contributed by atoms with Gasteiger partial charge in [0.05, 0.1) is 17.8 Å². The van der Waals surface area contributed by atoms with E-state index < -0.39 is 11.7 Å². The molecule has 0 spiro atoms.